The number of benzene rings is 2. The molecule has 0 bridgehead atoms. The number of aromatic nitrogens is 2. The van der Waals surface area contributed by atoms with Crippen molar-refractivity contribution in [2.75, 3.05) is 10.6 Å². The molecule has 0 saturated carbocycles. The van der Waals surface area contributed by atoms with Gasteiger partial charge in [0.05, 0.1) is 0 Å². The van der Waals surface area contributed by atoms with Gasteiger partial charge in [0.15, 0.2) is 0 Å². The van der Waals surface area contributed by atoms with Gasteiger partial charge in [-0.05, 0) is 59.3 Å². The third-order valence-electron chi connectivity index (χ3n) is 3.57. The van der Waals surface area contributed by atoms with E-state index in [1.54, 1.807) is 18.2 Å². The van der Waals surface area contributed by atoms with Gasteiger partial charge < -0.3 is 10.6 Å². The highest BCUT2D eigenvalue weighted by Crippen LogP contribution is 2.35. The summed E-state index contributed by atoms with van der Waals surface area (Å²) in [4.78, 5) is 7.86. The second-order valence-corrected chi connectivity index (χ2v) is 6.77. The molecule has 3 rings (SSSR count). The zero-order chi connectivity index (χ0) is 18.7. The summed E-state index contributed by atoms with van der Waals surface area (Å²) in [5.41, 5.74) is 1.25. The molecule has 0 spiro atoms. The molecule has 0 aliphatic carbocycles. The Morgan fingerprint density at radius 3 is 2.46 bits per heavy atom. The van der Waals surface area contributed by atoms with E-state index in [-0.39, 0.29) is 11.8 Å². The molecule has 0 fully saturated rings. The summed E-state index contributed by atoms with van der Waals surface area (Å²) in [6.07, 6.45) is -3.78. The van der Waals surface area contributed by atoms with Crippen molar-refractivity contribution >= 4 is 45.7 Å². The molecule has 3 aromatic rings. The Labute approximate surface area is 162 Å². The van der Waals surface area contributed by atoms with Gasteiger partial charge in [-0.1, -0.05) is 24.3 Å². The second-order valence-electron chi connectivity index (χ2n) is 5.53. The molecule has 2 aromatic carbocycles. The normalized spacial score (nSPS) is 11.3. The topological polar surface area (TPSA) is 49.8 Å². The van der Waals surface area contributed by atoms with Crippen molar-refractivity contribution in [2.24, 2.45) is 0 Å². The van der Waals surface area contributed by atoms with E-state index in [2.05, 4.69) is 43.2 Å². The van der Waals surface area contributed by atoms with Gasteiger partial charge >= 0.3 is 6.18 Å². The number of rotatable bonds is 4. The Bertz CT molecular complexity index is 928. The highest BCUT2D eigenvalue weighted by atomic mass is 127. The quantitative estimate of drug-likeness (QED) is 0.467. The molecule has 0 amide bonds. The van der Waals surface area contributed by atoms with Gasteiger partial charge in [-0.25, -0.2) is 4.98 Å². The van der Waals surface area contributed by atoms with Gasteiger partial charge in [-0.3, -0.25) is 0 Å². The highest BCUT2D eigenvalue weighted by Gasteiger charge is 2.35. The maximum absolute atomic E-state index is 13.3. The van der Waals surface area contributed by atoms with E-state index in [0.717, 1.165) is 21.0 Å². The van der Waals surface area contributed by atoms with Crippen LogP contribution in [0.5, 0.6) is 0 Å². The predicted molar refractivity (Wildman–Crippen MR) is 104 cm³/mol. The molecule has 4 nitrogen and oxygen atoms in total. The molecule has 26 heavy (non-hydrogen) atoms. The summed E-state index contributed by atoms with van der Waals surface area (Å²) in [5, 5.41) is 5.70. The number of halogens is 4. The van der Waals surface area contributed by atoms with Gasteiger partial charge in [-0.2, -0.15) is 18.2 Å². The Morgan fingerprint density at radius 1 is 1.00 bits per heavy atom. The summed E-state index contributed by atoms with van der Waals surface area (Å²) in [7, 11) is 0. The summed E-state index contributed by atoms with van der Waals surface area (Å²) in [6, 6.07) is 14.4. The van der Waals surface area contributed by atoms with Gasteiger partial charge in [0, 0.05) is 21.1 Å². The van der Waals surface area contributed by atoms with Crippen molar-refractivity contribution in [3.63, 3.8) is 0 Å². The van der Waals surface area contributed by atoms with Crippen LogP contribution in [-0.2, 0) is 6.18 Å². The summed E-state index contributed by atoms with van der Waals surface area (Å²) in [6.45, 7) is 1.89. The van der Waals surface area contributed by atoms with Crippen molar-refractivity contribution in [3.8, 4) is 0 Å². The maximum atomic E-state index is 13.3. The predicted octanol–water partition coefficient (Wildman–Crippen LogP) is 5.90. The minimum Gasteiger partial charge on any atom is -0.340 e. The van der Waals surface area contributed by atoms with E-state index >= 15 is 0 Å². The first-order valence-electron chi connectivity index (χ1n) is 7.62. The van der Waals surface area contributed by atoms with Crippen LogP contribution >= 0.6 is 22.6 Å². The molecule has 0 saturated heterocycles. The van der Waals surface area contributed by atoms with Crippen LogP contribution in [0.15, 0.2) is 54.7 Å². The molecule has 0 unspecified atom stereocenters. The molecule has 2 N–H and O–H groups in total. The van der Waals surface area contributed by atoms with Crippen LogP contribution in [0.3, 0.4) is 0 Å². The van der Waals surface area contributed by atoms with Crippen molar-refractivity contribution in [2.45, 2.75) is 13.1 Å². The minimum absolute atomic E-state index is 0.0837. The number of nitrogens with one attached hydrogen (secondary N) is 2. The van der Waals surface area contributed by atoms with E-state index in [0.29, 0.717) is 5.69 Å². The van der Waals surface area contributed by atoms with Crippen LogP contribution in [0.1, 0.15) is 11.1 Å². The molecule has 1 heterocycles. The van der Waals surface area contributed by atoms with Crippen molar-refractivity contribution < 1.29 is 13.2 Å². The maximum Gasteiger partial charge on any atom is 0.421 e. The zero-order valence-electron chi connectivity index (χ0n) is 13.6. The fraction of sp³-hybridized carbons (Fsp3) is 0.111. The number of anilines is 4. The Balaban J connectivity index is 1.98. The van der Waals surface area contributed by atoms with E-state index in [1.807, 2.05) is 37.3 Å². The lowest BCUT2D eigenvalue weighted by molar-refractivity contribution is -0.137. The first kappa shape index (κ1) is 18.4. The average molecular weight is 470 g/mol. The third kappa shape index (κ3) is 4.43. The first-order chi connectivity index (χ1) is 12.3. The summed E-state index contributed by atoms with van der Waals surface area (Å²) >= 11 is 2.09. The standard InChI is InChI=1S/C18H14F3IN4/c1-11-5-2-3-8-15(11)25-17-23-10-14(18(19,20)21)16(26-17)24-13-7-4-6-12(22)9-13/h2-10H,1H3,(H2,23,24,25,26). The van der Waals surface area contributed by atoms with Crippen LogP contribution in [0.25, 0.3) is 0 Å². The van der Waals surface area contributed by atoms with Crippen molar-refractivity contribution in [1.82, 2.24) is 9.97 Å². The van der Waals surface area contributed by atoms with Crippen LogP contribution in [-0.4, -0.2) is 9.97 Å². The molecule has 134 valence electrons. The van der Waals surface area contributed by atoms with Crippen LogP contribution in [0, 0.1) is 10.5 Å². The number of alkyl halides is 3. The van der Waals surface area contributed by atoms with Gasteiger partial charge in [-0.15, -0.1) is 0 Å². The Kier molecular flexibility index (Phi) is 5.30. The lowest BCUT2D eigenvalue weighted by atomic mass is 10.2. The van der Waals surface area contributed by atoms with E-state index in [1.165, 1.54) is 0 Å². The molecule has 8 heteroatoms. The number of hydrogen-bond donors (Lipinski definition) is 2. The minimum atomic E-state index is -4.56. The number of hydrogen-bond acceptors (Lipinski definition) is 4. The molecular formula is C18H14F3IN4. The Morgan fingerprint density at radius 2 is 1.77 bits per heavy atom. The highest BCUT2D eigenvalue weighted by molar-refractivity contribution is 14.1. The first-order valence-corrected chi connectivity index (χ1v) is 8.70. The fourth-order valence-corrected chi connectivity index (χ4v) is 2.82. The third-order valence-corrected chi connectivity index (χ3v) is 4.24. The largest absolute Gasteiger partial charge is 0.421 e. The molecule has 0 radical (unpaired) electrons. The number of para-hydroxylation sites is 1. The fourth-order valence-electron chi connectivity index (χ4n) is 2.28. The second kappa shape index (κ2) is 7.48. The molecule has 0 aliphatic heterocycles. The van der Waals surface area contributed by atoms with E-state index < -0.39 is 11.7 Å². The smallest absolute Gasteiger partial charge is 0.340 e. The number of nitrogens with zero attached hydrogens (tertiary/aromatic N) is 2. The lowest BCUT2D eigenvalue weighted by Crippen LogP contribution is -2.12. The summed E-state index contributed by atoms with van der Waals surface area (Å²) in [5.74, 6) is -0.217. The van der Waals surface area contributed by atoms with Crippen molar-refractivity contribution in [3.05, 3.63) is 69.4 Å². The molecule has 1 aromatic heterocycles. The molecule has 0 aliphatic rings. The van der Waals surface area contributed by atoms with Crippen LogP contribution in [0.2, 0.25) is 0 Å². The molecular weight excluding hydrogens is 456 g/mol. The van der Waals surface area contributed by atoms with E-state index in [4.69, 9.17) is 0 Å². The van der Waals surface area contributed by atoms with Gasteiger partial charge in [0.25, 0.3) is 0 Å². The van der Waals surface area contributed by atoms with E-state index in [9.17, 15) is 13.2 Å². The van der Waals surface area contributed by atoms with Crippen LogP contribution in [0.4, 0.5) is 36.3 Å². The summed E-state index contributed by atoms with van der Waals surface area (Å²) < 4.78 is 40.8. The SMILES string of the molecule is Cc1ccccc1Nc1ncc(C(F)(F)F)c(Nc2cccc(I)c2)n1. The number of aryl methyl sites for hydroxylation is 1. The van der Waals surface area contributed by atoms with Crippen molar-refractivity contribution in [1.29, 1.82) is 0 Å². The zero-order valence-corrected chi connectivity index (χ0v) is 15.8. The molecule has 0 atom stereocenters. The van der Waals surface area contributed by atoms with Crippen LogP contribution < -0.4 is 10.6 Å². The van der Waals surface area contributed by atoms with Gasteiger partial charge in [0.2, 0.25) is 5.95 Å². The Hall–Kier alpha value is -2.36. The lowest BCUT2D eigenvalue weighted by Gasteiger charge is -2.15. The average Bonchev–Trinajstić information content (AvgIpc) is 2.56. The van der Waals surface area contributed by atoms with Gasteiger partial charge in [0.1, 0.15) is 11.4 Å². The monoisotopic (exact) mass is 470 g/mol.